The van der Waals surface area contributed by atoms with Gasteiger partial charge in [0.05, 0.1) is 0 Å². The Bertz CT molecular complexity index is 365. The molecule has 0 aromatic heterocycles. The highest BCUT2D eigenvalue weighted by atomic mass is 16.1. The Morgan fingerprint density at radius 1 is 1.11 bits per heavy atom. The van der Waals surface area contributed by atoms with Gasteiger partial charge >= 0.3 is 0 Å². The van der Waals surface area contributed by atoms with Crippen molar-refractivity contribution in [2.75, 3.05) is 5.32 Å². The predicted octanol–water partition coefficient (Wildman–Crippen LogP) is 4.52. The van der Waals surface area contributed by atoms with Gasteiger partial charge in [-0.25, -0.2) is 0 Å². The average Bonchev–Trinajstić information content (AvgIpc) is 2.40. The van der Waals surface area contributed by atoms with E-state index in [1.165, 1.54) is 12.8 Å². The zero-order chi connectivity index (χ0) is 13.5. The maximum Gasteiger partial charge on any atom is 0.162 e. The minimum atomic E-state index is 0.203. The van der Waals surface area contributed by atoms with Gasteiger partial charge < -0.3 is 5.32 Å². The second-order valence-electron chi connectivity index (χ2n) is 4.86. The molecule has 0 aliphatic rings. The second-order valence-corrected chi connectivity index (χ2v) is 4.86. The molecule has 1 aromatic carbocycles. The first kappa shape index (κ1) is 14.7. The minimum absolute atomic E-state index is 0.203. The number of ketones is 1. The summed E-state index contributed by atoms with van der Waals surface area (Å²) in [7, 11) is 0. The standard InChI is InChI=1S/C16H25NO/c1-5-13(6-2)12(4)17-15-10-8-14(9-11-15)16(18)7-3/h8-13,17H,5-7H2,1-4H3. The Hall–Kier alpha value is -1.31. The van der Waals surface area contributed by atoms with Gasteiger partial charge in [-0.15, -0.1) is 0 Å². The van der Waals surface area contributed by atoms with Crippen LogP contribution >= 0.6 is 0 Å². The van der Waals surface area contributed by atoms with Crippen LogP contribution in [0.3, 0.4) is 0 Å². The Morgan fingerprint density at radius 3 is 2.11 bits per heavy atom. The predicted molar refractivity (Wildman–Crippen MR) is 78.2 cm³/mol. The summed E-state index contributed by atoms with van der Waals surface area (Å²) in [5, 5.41) is 3.52. The molecule has 0 aliphatic heterocycles. The van der Waals surface area contributed by atoms with Crippen LogP contribution in [0.1, 0.15) is 57.3 Å². The van der Waals surface area contributed by atoms with Crippen LogP contribution in [-0.2, 0) is 0 Å². The average molecular weight is 247 g/mol. The van der Waals surface area contributed by atoms with Crippen molar-refractivity contribution in [3.8, 4) is 0 Å². The molecule has 0 radical (unpaired) electrons. The van der Waals surface area contributed by atoms with Crippen LogP contribution in [0, 0.1) is 5.92 Å². The number of anilines is 1. The maximum absolute atomic E-state index is 11.5. The molecule has 0 saturated carbocycles. The molecule has 1 rings (SSSR count). The number of rotatable bonds is 7. The van der Waals surface area contributed by atoms with E-state index >= 15 is 0 Å². The zero-order valence-corrected chi connectivity index (χ0v) is 12.0. The van der Waals surface area contributed by atoms with Gasteiger partial charge in [0.25, 0.3) is 0 Å². The first-order valence-electron chi connectivity index (χ1n) is 7.02. The Kier molecular flexibility index (Phi) is 5.90. The lowest BCUT2D eigenvalue weighted by atomic mass is 9.95. The van der Waals surface area contributed by atoms with Crippen molar-refractivity contribution in [2.24, 2.45) is 5.92 Å². The Balaban J connectivity index is 2.66. The molecule has 0 amide bonds. The summed E-state index contributed by atoms with van der Waals surface area (Å²) < 4.78 is 0. The van der Waals surface area contributed by atoms with E-state index in [4.69, 9.17) is 0 Å². The minimum Gasteiger partial charge on any atom is -0.382 e. The fourth-order valence-electron chi connectivity index (χ4n) is 2.33. The van der Waals surface area contributed by atoms with Crippen molar-refractivity contribution in [1.82, 2.24) is 0 Å². The van der Waals surface area contributed by atoms with Gasteiger partial charge in [-0.2, -0.15) is 0 Å². The van der Waals surface area contributed by atoms with Gasteiger partial charge in [-0.3, -0.25) is 4.79 Å². The number of Topliss-reactive ketones (excluding diaryl/α,β-unsaturated/α-hetero) is 1. The van der Waals surface area contributed by atoms with E-state index < -0.39 is 0 Å². The highest BCUT2D eigenvalue weighted by Crippen LogP contribution is 2.18. The molecule has 2 heteroatoms. The van der Waals surface area contributed by atoms with E-state index in [0.717, 1.165) is 11.3 Å². The molecule has 18 heavy (non-hydrogen) atoms. The quantitative estimate of drug-likeness (QED) is 0.718. The molecule has 0 saturated heterocycles. The summed E-state index contributed by atoms with van der Waals surface area (Å²) in [4.78, 5) is 11.5. The molecule has 2 nitrogen and oxygen atoms in total. The first-order chi connectivity index (χ1) is 8.62. The third kappa shape index (κ3) is 3.86. The molecule has 100 valence electrons. The van der Waals surface area contributed by atoms with Gasteiger partial charge in [0.2, 0.25) is 0 Å². The molecular formula is C16H25NO. The number of carbonyl (C=O) groups is 1. The maximum atomic E-state index is 11.5. The zero-order valence-electron chi connectivity index (χ0n) is 12.0. The monoisotopic (exact) mass is 247 g/mol. The lowest BCUT2D eigenvalue weighted by molar-refractivity contribution is 0.0988. The van der Waals surface area contributed by atoms with Crippen molar-refractivity contribution >= 4 is 11.5 Å². The van der Waals surface area contributed by atoms with Crippen molar-refractivity contribution < 1.29 is 4.79 Å². The van der Waals surface area contributed by atoms with Gasteiger partial charge in [-0.1, -0.05) is 33.6 Å². The summed E-state index contributed by atoms with van der Waals surface area (Å²) in [6.45, 7) is 8.58. The van der Waals surface area contributed by atoms with Crippen molar-refractivity contribution in [1.29, 1.82) is 0 Å². The molecule has 0 heterocycles. The fraction of sp³-hybridized carbons (Fsp3) is 0.562. The Morgan fingerprint density at radius 2 is 1.67 bits per heavy atom. The van der Waals surface area contributed by atoms with Crippen molar-refractivity contribution in [3.63, 3.8) is 0 Å². The highest BCUT2D eigenvalue weighted by Gasteiger charge is 2.13. The lowest BCUT2D eigenvalue weighted by Gasteiger charge is -2.23. The van der Waals surface area contributed by atoms with Crippen LogP contribution in [0.25, 0.3) is 0 Å². The van der Waals surface area contributed by atoms with Crippen molar-refractivity contribution in [3.05, 3.63) is 29.8 Å². The topological polar surface area (TPSA) is 29.1 Å². The molecule has 0 aliphatic carbocycles. The van der Waals surface area contributed by atoms with Crippen molar-refractivity contribution in [2.45, 2.75) is 53.0 Å². The van der Waals surface area contributed by atoms with Gasteiger partial charge in [0, 0.05) is 23.7 Å². The summed E-state index contributed by atoms with van der Waals surface area (Å²) in [6.07, 6.45) is 2.95. The fourth-order valence-corrected chi connectivity index (χ4v) is 2.33. The Labute approximate surface area is 111 Å². The number of nitrogens with one attached hydrogen (secondary N) is 1. The van der Waals surface area contributed by atoms with Crippen LogP contribution in [0.4, 0.5) is 5.69 Å². The van der Waals surface area contributed by atoms with E-state index in [0.29, 0.717) is 18.4 Å². The molecular weight excluding hydrogens is 222 g/mol. The molecule has 1 unspecified atom stereocenters. The SMILES string of the molecule is CCC(=O)c1ccc(NC(C)C(CC)CC)cc1. The third-order valence-electron chi connectivity index (χ3n) is 3.68. The largest absolute Gasteiger partial charge is 0.382 e. The summed E-state index contributed by atoms with van der Waals surface area (Å²) in [6, 6.07) is 8.29. The number of benzene rings is 1. The molecule has 1 N–H and O–H groups in total. The van der Waals surface area contributed by atoms with Crippen LogP contribution in [0.2, 0.25) is 0 Å². The smallest absolute Gasteiger partial charge is 0.162 e. The number of hydrogen-bond acceptors (Lipinski definition) is 2. The number of carbonyl (C=O) groups excluding carboxylic acids is 1. The second kappa shape index (κ2) is 7.20. The van der Waals surface area contributed by atoms with Crippen LogP contribution in [-0.4, -0.2) is 11.8 Å². The highest BCUT2D eigenvalue weighted by molar-refractivity contribution is 5.96. The van der Waals surface area contributed by atoms with Gasteiger partial charge in [0.15, 0.2) is 5.78 Å². The molecule has 0 spiro atoms. The molecule has 0 fully saturated rings. The van der Waals surface area contributed by atoms with Crippen LogP contribution < -0.4 is 5.32 Å². The first-order valence-corrected chi connectivity index (χ1v) is 7.02. The van der Waals surface area contributed by atoms with E-state index in [9.17, 15) is 4.79 Å². The molecule has 1 aromatic rings. The van der Waals surface area contributed by atoms with Crippen LogP contribution in [0.5, 0.6) is 0 Å². The van der Waals surface area contributed by atoms with Crippen LogP contribution in [0.15, 0.2) is 24.3 Å². The van der Waals surface area contributed by atoms with Gasteiger partial charge in [-0.05, 0) is 37.1 Å². The lowest BCUT2D eigenvalue weighted by Crippen LogP contribution is -2.24. The summed E-state index contributed by atoms with van der Waals surface area (Å²) >= 11 is 0. The normalized spacial score (nSPS) is 12.5. The summed E-state index contributed by atoms with van der Waals surface area (Å²) in [5.41, 5.74) is 1.90. The summed E-state index contributed by atoms with van der Waals surface area (Å²) in [5.74, 6) is 0.900. The third-order valence-corrected chi connectivity index (χ3v) is 3.68. The van der Waals surface area contributed by atoms with E-state index in [2.05, 4.69) is 26.1 Å². The van der Waals surface area contributed by atoms with E-state index in [1.54, 1.807) is 0 Å². The van der Waals surface area contributed by atoms with Gasteiger partial charge in [0.1, 0.15) is 0 Å². The molecule has 1 atom stereocenters. The molecule has 0 bridgehead atoms. The van der Waals surface area contributed by atoms with E-state index in [-0.39, 0.29) is 5.78 Å². The van der Waals surface area contributed by atoms with E-state index in [1.807, 2.05) is 31.2 Å². The number of hydrogen-bond donors (Lipinski definition) is 1.